The van der Waals surface area contributed by atoms with Crippen LogP contribution >= 0.6 is 11.6 Å². The van der Waals surface area contributed by atoms with Crippen molar-refractivity contribution in [3.8, 4) is 5.88 Å². The van der Waals surface area contributed by atoms with Crippen LogP contribution in [0.3, 0.4) is 0 Å². The Kier molecular flexibility index (Phi) is 4.03. The molecule has 0 aliphatic carbocycles. The molecule has 3 rings (SSSR count). The smallest absolute Gasteiger partial charge is 0.246 e. The SMILES string of the molecule is O=S(=O)(c1ccccc1F)N1CC(Oc2ncccc2Cl)C1. The number of benzene rings is 1. The monoisotopic (exact) mass is 342 g/mol. The van der Waals surface area contributed by atoms with Crippen molar-refractivity contribution in [1.29, 1.82) is 0 Å². The average Bonchev–Trinajstić information content (AvgIpc) is 2.44. The van der Waals surface area contributed by atoms with Crippen LogP contribution in [0.4, 0.5) is 4.39 Å². The summed E-state index contributed by atoms with van der Waals surface area (Å²) >= 11 is 5.92. The molecule has 0 radical (unpaired) electrons. The van der Waals surface area contributed by atoms with E-state index in [1.807, 2.05) is 0 Å². The molecule has 1 aromatic carbocycles. The summed E-state index contributed by atoms with van der Waals surface area (Å²) in [4.78, 5) is 3.65. The van der Waals surface area contributed by atoms with Crippen LogP contribution in [-0.2, 0) is 10.0 Å². The number of pyridine rings is 1. The number of aromatic nitrogens is 1. The summed E-state index contributed by atoms with van der Waals surface area (Å²) in [6.45, 7) is 0.257. The van der Waals surface area contributed by atoms with Gasteiger partial charge >= 0.3 is 0 Å². The number of hydrogen-bond acceptors (Lipinski definition) is 4. The van der Waals surface area contributed by atoms with E-state index < -0.39 is 15.8 Å². The van der Waals surface area contributed by atoms with Crippen molar-refractivity contribution in [2.75, 3.05) is 13.1 Å². The summed E-state index contributed by atoms with van der Waals surface area (Å²) in [5, 5.41) is 0.359. The molecule has 0 bridgehead atoms. The van der Waals surface area contributed by atoms with Crippen LogP contribution in [0, 0.1) is 5.82 Å². The van der Waals surface area contributed by atoms with Gasteiger partial charge in [0, 0.05) is 6.20 Å². The fourth-order valence-corrected chi connectivity index (χ4v) is 3.81. The van der Waals surface area contributed by atoms with Gasteiger partial charge in [-0.1, -0.05) is 23.7 Å². The highest BCUT2D eigenvalue weighted by atomic mass is 35.5. The summed E-state index contributed by atoms with van der Waals surface area (Å²) in [5.74, 6) is -0.503. The number of ether oxygens (including phenoxy) is 1. The molecule has 1 fully saturated rings. The van der Waals surface area contributed by atoms with Crippen LogP contribution in [0.1, 0.15) is 0 Å². The van der Waals surface area contributed by atoms with Crippen LogP contribution in [0.5, 0.6) is 5.88 Å². The third kappa shape index (κ3) is 2.79. The number of rotatable bonds is 4. The summed E-state index contributed by atoms with van der Waals surface area (Å²) in [6.07, 6.45) is 1.18. The number of hydrogen-bond donors (Lipinski definition) is 0. The fourth-order valence-electron chi connectivity index (χ4n) is 2.08. The van der Waals surface area contributed by atoms with Gasteiger partial charge in [0.2, 0.25) is 15.9 Å². The molecule has 5 nitrogen and oxygen atoms in total. The first kappa shape index (κ1) is 15.2. The van der Waals surface area contributed by atoms with E-state index in [4.69, 9.17) is 16.3 Å². The van der Waals surface area contributed by atoms with Crippen LogP contribution in [0.25, 0.3) is 0 Å². The average molecular weight is 343 g/mol. The Morgan fingerprint density at radius 2 is 1.95 bits per heavy atom. The van der Waals surface area contributed by atoms with E-state index in [0.29, 0.717) is 5.02 Å². The third-order valence-corrected chi connectivity index (χ3v) is 5.42. The summed E-state index contributed by atoms with van der Waals surface area (Å²) in [7, 11) is -3.84. The maximum absolute atomic E-state index is 13.6. The molecule has 2 aromatic rings. The van der Waals surface area contributed by atoms with Crippen molar-refractivity contribution in [2.45, 2.75) is 11.0 Å². The number of halogens is 2. The quantitative estimate of drug-likeness (QED) is 0.855. The van der Waals surface area contributed by atoms with Gasteiger partial charge in [0.15, 0.2) is 0 Å². The van der Waals surface area contributed by atoms with Crippen molar-refractivity contribution >= 4 is 21.6 Å². The molecule has 22 heavy (non-hydrogen) atoms. The van der Waals surface area contributed by atoms with E-state index in [1.165, 1.54) is 24.4 Å². The second-order valence-corrected chi connectivity index (χ2v) is 7.10. The maximum Gasteiger partial charge on any atom is 0.246 e. The number of sulfonamides is 1. The molecule has 1 aliphatic heterocycles. The Bertz CT molecular complexity index is 794. The Morgan fingerprint density at radius 3 is 2.64 bits per heavy atom. The minimum Gasteiger partial charge on any atom is -0.470 e. The molecular weight excluding hydrogens is 331 g/mol. The van der Waals surface area contributed by atoms with Crippen molar-refractivity contribution in [1.82, 2.24) is 9.29 Å². The molecule has 0 saturated carbocycles. The van der Waals surface area contributed by atoms with Gasteiger partial charge in [-0.25, -0.2) is 17.8 Å². The molecule has 0 atom stereocenters. The summed E-state index contributed by atoms with van der Waals surface area (Å²) in [6, 6.07) is 8.60. The minimum absolute atomic E-state index is 0.129. The topological polar surface area (TPSA) is 59.5 Å². The molecular formula is C14H12ClFN2O3S. The van der Waals surface area contributed by atoms with Crippen molar-refractivity contribution < 1.29 is 17.5 Å². The third-order valence-electron chi connectivity index (χ3n) is 3.27. The molecule has 1 saturated heterocycles. The van der Waals surface area contributed by atoms with Gasteiger partial charge in [-0.2, -0.15) is 4.31 Å². The largest absolute Gasteiger partial charge is 0.470 e. The van der Waals surface area contributed by atoms with E-state index in [0.717, 1.165) is 10.4 Å². The van der Waals surface area contributed by atoms with E-state index in [1.54, 1.807) is 12.1 Å². The van der Waals surface area contributed by atoms with Crippen LogP contribution < -0.4 is 4.74 Å². The number of nitrogens with zero attached hydrogens (tertiary/aromatic N) is 2. The fraction of sp³-hybridized carbons (Fsp3) is 0.214. The zero-order valence-corrected chi connectivity index (χ0v) is 12.9. The lowest BCUT2D eigenvalue weighted by atomic mass is 10.2. The van der Waals surface area contributed by atoms with Crippen LogP contribution in [0.15, 0.2) is 47.5 Å². The predicted octanol–water partition coefficient (Wildman–Crippen LogP) is 2.33. The minimum atomic E-state index is -3.84. The van der Waals surface area contributed by atoms with E-state index in [9.17, 15) is 12.8 Å². The van der Waals surface area contributed by atoms with Gasteiger partial charge in [0.05, 0.1) is 13.1 Å². The molecule has 0 unspecified atom stereocenters. The molecule has 0 spiro atoms. The van der Waals surface area contributed by atoms with Crippen molar-refractivity contribution in [3.05, 3.63) is 53.4 Å². The second-order valence-electron chi connectivity index (χ2n) is 4.78. The molecule has 8 heteroatoms. The van der Waals surface area contributed by atoms with Gasteiger partial charge in [0.1, 0.15) is 21.8 Å². The molecule has 116 valence electrons. The normalized spacial score (nSPS) is 16.3. The van der Waals surface area contributed by atoms with Crippen LogP contribution in [0.2, 0.25) is 5.02 Å². The summed E-state index contributed by atoms with van der Waals surface area (Å²) in [5.41, 5.74) is 0. The van der Waals surface area contributed by atoms with E-state index >= 15 is 0 Å². The lowest BCUT2D eigenvalue weighted by molar-refractivity contribution is 0.0720. The highest BCUT2D eigenvalue weighted by Gasteiger charge is 2.39. The Morgan fingerprint density at radius 1 is 1.23 bits per heavy atom. The van der Waals surface area contributed by atoms with Gasteiger partial charge in [0.25, 0.3) is 0 Å². The highest BCUT2D eigenvalue weighted by Crippen LogP contribution is 2.28. The summed E-state index contributed by atoms with van der Waals surface area (Å²) < 4.78 is 44.9. The lowest BCUT2D eigenvalue weighted by Crippen LogP contribution is -2.56. The van der Waals surface area contributed by atoms with Crippen molar-refractivity contribution in [3.63, 3.8) is 0 Å². The standard InChI is InChI=1S/C14H12ClFN2O3S/c15-11-4-3-7-17-14(11)21-10-8-18(9-10)22(19,20)13-6-2-1-5-12(13)16/h1-7,10H,8-9H2. The zero-order chi connectivity index (χ0) is 15.7. The Balaban J connectivity index is 1.68. The Hall–Kier alpha value is -1.70. The Labute approximate surface area is 132 Å². The van der Waals surface area contributed by atoms with E-state index in [-0.39, 0.29) is 30.0 Å². The first-order valence-electron chi connectivity index (χ1n) is 6.50. The van der Waals surface area contributed by atoms with Gasteiger partial charge in [-0.3, -0.25) is 0 Å². The predicted molar refractivity (Wildman–Crippen MR) is 78.8 cm³/mol. The molecule has 0 amide bonds. The lowest BCUT2D eigenvalue weighted by Gasteiger charge is -2.37. The molecule has 1 aromatic heterocycles. The van der Waals surface area contributed by atoms with Crippen LogP contribution in [-0.4, -0.2) is 36.9 Å². The van der Waals surface area contributed by atoms with Gasteiger partial charge in [-0.15, -0.1) is 0 Å². The second kappa shape index (κ2) is 5.83. The zero-order valence-electron chi connectivity index (χ0n) is 11.3. The molecule has 0 N–H and O–H groups in total. The molecule has 2 heterocycles. The molecule has 1 aliphatic rings. The van der Waals surface area contributed by atoms with Crippen molar-refractivity contribution in [2.24, 2.45) is 0 Å². The maximum atomic E-state index is 13.6. The first-order chi connectivity index (χ1) is 10.5. The van der Waals surface area contributed by atoms with Gasteiger partial charge < -0.3 is 4.74 Å². The van der Waals surface area contributed by atoms with E-state index in [2.05, 4.69) is 4.98 Å². The first-order valence-corrected chi connectivity index (χ1v) is 8.32. The van der Waals surface area contributed by atoms with Gasteiger partial charge in [-0.05, 0) is 24.3 Å². The highest BCUT2D eigenvalue weighted by molar-refractivity contribution is 7.89.